The molecule has 25 heavy (non-hydrogen) atoms. The molecule has 1 unspecified atom stereocenters. The van der Waals surface area contributed by atoms with Crippen LogP contribution in [0.3, 0.4) is 0 Å². The van der Waals surface area contributed by atoms with Crippen molar-refractivity contribution in [3.63, 3.8) is 0 Å². The Hall–Kier alpha value is 0.486. The van der Waals surface area contributed by atoms with Crippen molar-refractivity contribution in [1.82, 2.24) is 0 Å². The first kappa shape index (κ1) is 27.7. The second-order valence-electron chi connectivity index (χ2n) is 5.72. The van der Waals surface area contributed by atoms with E-state index in [9.17, 15) is 18.0 Å². The normalized spacial score (nSPS) is 12.1. The van der Waals surface area contributed by atoms with Crippen molar-refractivity contribution >= 4 is 22.1 Å². The summed E-state index contributed by atoms with van der Waals surface area (Å²) in [4.78, 5) is 23.5. The second-order valence-corrected chi connectivity index (χ2v) is 7.32. The van der Waals surface area contributed by atoms with Crippen molar-refractivity contribution < 1.29 is 83.4 Å². The number of carbonyl (C=O) groups excluding carboxylic acids is 2. The Morgan fingerprint density at radius 3 is 1.80 bits per heavy atom. The zero-order chi connectivity index (χ0) is 18.4. The van der Waals surface area contributed by atoms with Crippen LogP contribution in [0.5, 0.6) is 0 Å². The predicted molar refractivity (Wildman–Crippen MR) is 90.2 cm³/mol. The van der Waals surface area contributed by atoms with Gasteiger partial charge in [-0.25, -0.2) is 0 Å². The van der Waals surface area contributed by atoms with Gasteiger partial charge in [0.2, 0.25) is 0 Å². The van der Waals surface area contributed by atoms with Crippen molar-refractivity contribution in [2.24, 2.45) is 0 Å². The molecule has 0 aliphatic rings. The van der Waals surface area contributed by atoms with Crippen LogP contribution in [0.1, 0.15) is 71.6 Å². The number of carbonyl (C=O) groups is 2. The molecule has 0 bridgehead atoms. The maximum Gasteiger partial charge on any atom is 1.00 e. The minimum Gasteiger partial charge on any atom is -0.466 e. The summed E-state index contributed by atoms with van der Waals surface area (Å²) in [5.41, 5.74) is 0. The molecule has 0 spiro atoms. The molecule has 0 saturated carbocycles. The fourth-order valence-electron chi connectivity index (χ4n) is 2.03. The van der Waals surface area contributed by atoms with Crippen LogP contribution in [-0.2, 0) is 29.2 Å². The Morgan fingerprint density at radius 1 is 0.880 bits per heavy atom. The van der Waals surface area contributed by atoms with Gasteiger partial charge in [0.1, 0.15) is 0 Å². The van der Waals surface area contributed by atoms with E-state index in [0.29, 0.717) is 12.8 Å². The summed E-state index contributed by atoms with van der Waals surface area (Å²) in [6, 6.07) is 0. The molecule has 1 N–H and O–H groups in total. The number of hydrogen-bond acceptors (Lipinski definition) is 6. The van der Waals surface area contributed by atoms with Crippen LogP contribution in [-0.4, -0.2) is 43.4 Å². The smallest absolute Gasteiger partial charge is 0.466 e. The van der Waals surface area contributed by atoms with E-state index in [2.05, 4.69) is 6.92 Å². The Labute approximate surface area is 193 Å². The molecule has 0 heterocycles. The minimum absolute atomic E-state index is 0. The maximum atomic E-state index is 11.8. The van der Waals surface area contributed by atoms with Crippen LogP contribution in [0.4, 0.5) is 0 Å². The van der Waals surface area contributed by atoms with Crippen LogP contribution < -0.4 is 51.4 Å². The van der Waals surface area contributed by atoms with Gasteiger partial charge in [0, 0.05) is 0 Å². The Kier molecular flexibility index (Phi) is 18.4. The van der Waals surface area contributed by atoms with Gasteiger partial charge in [-0.1, -0.05) is 52.4 Å². The molecule has 0 rings (SSSR count). The van der Waals surface area contributed by atoms with Crippen molar-refractivity contribution in [2.75, 3.05) is 13.2 Å². The van der Waals surface area contributed by atoms with Crippen molar-refractivity contribution in [3.05, 3.63) is 0 Å². The first-order valence-corrected chi connectivity index (χ1v) is 10.1. The standard InChI is InChI=1S/C16H30O7S.K/c1-3-5-7-9-11-22-15(17)13-14(24(19,20)21)16(18)23-12-10-8-6-4-2;/h14H,3-13H2,1-2H3,(H,19,20,21);/q;+1. The van der Waals surface area contributed by atoms with Gasteiger partial charge in [0.05, 0.1) is 19.6 Å². The molecule has 0 aromatic carbocycles. The molecule has 1 atom stereocenters. The van der Waals surface area contributed by atoms with E-state index in [1.807, 2.05) is 6.92 Å². The van der Waals surface area contributed by atoms with Crippen LogP contribution in [0.25, 0.3) is 0 Å². The van der Waals surface area contributed by atoms with Crippen LogP contribution in [0, 0.1) is 0 Å². The van der Waals surface area contributed by atoms with E-state index >= 15 is 0 Å². The first-order valence-electron chi connectivity index (χ1n) is 8.61. The van der Waals surface area contributed by atoms with Gasteiger partial charge in [0.25, 0.3) is 10.1 Å². The third-order valence-corrected chi connectivity index (χ3v) is 4.56. The molecule has 9 heteroatoms. The quantitative estimate of drug-likeness (QED) is 0.186. The average Bonchev–Trinajstić information content (AvgIpc) is 2.51. The van der Waals surface area contributed by atoms with Gasteiger partial charge in [-0.3, -0.25) is 14.1 Å². The number of unbranched alkanes of at least 4 members (excludes halogenated alkanes) is 6. The molecule has 142 valence electrons. The summed E-state index contributed by atoms with van der Waals surface area (Å²) in [7, 11) is -4.72. The Balaban J connectivity index is 0. The van der Waals surface area contributed by atoms with Crippen molar-refractivity contribution in [3.8, 4) is 0 Å². The van der Waals surface area contributed by atoms with Crippen molar-refractivity contribution in [2.45, 2.75) is 76.9 Å². The second kappa shape index (κ2) is 16.6. The topological polar surface area (TPSA) is 107 Å². The van der Waals surface area contributed by atoms with Gasteiger partial charge in [0.15, 0.2) is 5.25 Å². The van der Waals surface area contributed by atoms with E-state index < -0.39 is 33.7 Å². The molecule has 0 saturated heterocycles. The van der Waals surface area contributed by atoms with E-state index in [0.717, 1.165) is 38.5 Å². The summed E-state index contributed by atoms with van der Waals surface area (Å²) < 4.78 is 41.5. The summed E-state index contributed by atoms with van der Waals surface area (Å²) in [6.07, 6.45) is 6.40. The molecule has 0 radical (unpaired) electrons. The fraction of sp³-hybridized carbons (Fsp3) is 0.875. The van der Waals surface area contributed by atoms with Gasteiger partial charge in [-0.05, 0) is 12.8 Å². The third kappa shape index (κ3) is 15.3. The largest absolute Gasteiger partial charge is 1.00 e. The monoisotopic (exact) mass is 405 g/mol. The van der Waals surface area contributed by atoms with Gasteiger partial charge >= 0.3 is 63.3 Å². The summed E-state index contributed by atoms with van der Waals surface area (Å²) >= 11 is 0. The molecule has 0 fully saturated rings. The van der Waals surface area contributed by atoms with E-state index in [1.54, 1.807) is 0 Å². The Morgan fingerprint density at radius 2 is 1.36 bits per heavy atom. The van der Waals surface area contributed by atoms with Crippen molar-refractivity contribution in [1.29, 1.82) is 0 Å². The van der Waals surface area contributed by atoms with Gasteiger partial charge < -0.3 is 9.47 Å². The molecular weight excluding hydrogens is 375 g/mol. The number of ether oxygens (including phenoxy) is 2. The zero-order valence-electron chi connectivity index (χ0n) is 15.7. The summed E-state index contributed by atoms with van der Waals surface area (Å²) in [5.74, 6) is -1.95. The summed E-state index contributed by atoms with van der Waals surface area (Å²) in [6.45, 7) is 4.32. The fourth-order valence-corrected chi connectivity index (χ4v) is 2.69. The molecule has 0 aromatic rings. The molecule has 0 aliphatic carbocycles. The van der Waals surface area contributed by atoms with Gasteiger partial charge in [-0.2, -0.15) is 8.42 Å². The molecule has 0 amide bonds. The minimum atomic E-state index is -4.72. The molecule has 7 nitrogen and oxygen atoms in total. The van der Waals surface area contributed by atoms with Crippen LogP contribution >= 0.6 is 0 Å². The van der Waals surface area contributed by atoms with Crippen LogP contribution in [0.15, 0.2) is 0 Å². The van der Waals surface area contributed by atoms with Crippen LogP contribution in [0.2, 0.25) is 0 Å². The number of rotatable bonds is 14. The Bertz CT molecular complexity index is 465. The van der Waals surface area contributed by atoms with E-state index in [-0.39, 0.29) is 64.6 Å². The summed E-state index contributed by atoms with van der Waals surface area (Å²) in [5, 5.41) is -1.92. The zero-order valence-corrected chi connectivity index (χ0v) is 19.6. The van der Waals surface area contributed by atoms with E-state index in [1.165, 1.54) is 0 Å². The first-order chi connectivity index (χ1) is 11.3. The average molecular weight is 406 g/mol. The number of hydrogen-bond donors (Lipinski definition) is 1. The molecule has 0 aromatic heterocycles. The maximum absolute atomic E-state index is 11.8. The van der Waals surface area contributed by atoms with Gasteiger partial charge in [-0.15, -0.1) is 0 Å². The SMILES string of the molecule is CCCCCCOC(=O)CC(C(=O)OCCCCCC)S(=O)(=O)O.[K+]. The predicted octanol–water partition coefficient (Wildman–Crippen LogP) is -0.116. The van der Waals surface area contributed by atoms with E-state index in [4.69, 9.17) is 14.0 Å². The molecular formula is C16H30KO7S+. The number of esters is 2. The molecule has 0 aliphatic heterocycles. The third-order valence-electron chi connectivity index (χ3n) is 3.48.